The van der Waals surface area contributed by atoms with Crippen molar-refractivity contribution >= 4 is 29.2 Å². The maximum Gasteiger partial charge on any atom is 0.264 e. The van der Waals surface area contributed by atoms with Gasteiger partial charge in [-0.2, -0.15) is 0 Å². The van der Waals surface area contributed by atoms with E-state index in [9.17, 15) is 9.59 Å². The fourth-order valence-electron chi connectivity index (χ4n) is 2.91. The molecule has 2 amide bonds. The maximum absolute atomic E-state index is 12.6. The Kier molecular flexibility index (Phi) is 5.66. The second-order valence-electron chi connectivity index (χ2n) is 6.15. The minimum Gasteiger partial charge on any atom is -0.337 e. The van der Waals surface area contributed by atoms with Crippen molar-refractivity contribution in [2.24, 2.45) is 0 Å². The van der Waals surface area contributed by atoms with E-state index in [1.54, 1.807) is 6.08 Å². The summed E-state index contributed by atoms with van der Waals surface area (Å²) in [7, 11) is 0. The van der Waals surface area contributed by atoms with Crippen LogP contribution in [0, 0.1) is 6.92 Å². The standard InChI is InChI=1S/C20H22N2O2S/c1-16-10-15-25-19(16)20(24)22-12-5-11-21(13-14-22)18(23)9-8-17-6-3-2-4-7-17/h2-4,6-10,15H,5,11-14H2,1H3/b9-8+. The Morgan fingerprint density at radius 1 is 1.00 bits per heavy atom. The van der Waals surface area contributed by atoms with Gasteiger partial charge in [0.25, 0.3) is 5.91 Å². The Balaban J connectivity index is 1.60. The van der Waals surface area contributed by atoms with Gasteiger partial charge in [-0.05, 0) is 42.0 Å². The summed E-state index contributed by atoms with van der Waals surface area (Å²) < 4.78 is 0. The minimum atomic E-state index is 0.00505. The van der Waals surface area contributed by atoms with Crippen LogP contribution in [0.3, 0.4) is 0 Å². The average Bonchev–Trinajstić information content (AvgIpc) is 2.92. The van der Waals surface area contributed by atoms with Crippen LogP contribution in [0.1, 0.15) is 27.2 Å². The summed E-state index contributed by atoms with van der Waals surface area (Å²) in [6, 6.07) is 11.8. The molecule has 5 heteroatoms. The maximum atomic E-state index is 12.6. The van der Waals surface area contributed by atoms with Gasteiger partial charge < -0.3 is 9.80 Å². The highest BCUT2D eigenvalue weighted by atomic mass is 32.1. The van der Waals surface area contributed by atoms with Crippen LogP contribution in [0.15, 0.2) is 47.9 Å². The van der Waals surface area contributed by atoms with Crippen LogP contribution in [0.4, 0.5) is 0 Å². The molecule has 3 rings (SSSR count). The summed E-state index contributed by atoms with van der Waals surface area (Å²) in [6.07, 6.45) is 4.27. The lowest BCUT2D eigenvalue weighted by atomic mass is 10.2. The molecule has 0 radical (unpaired) electrons. The van der Waals surface area contributed by atoms with Gasteiger partial charge in [0, 0.05) is 32.3 Å². The summed E-state index contributed by atoms with van der Waals surface area (Å²) in [5.74, 6) is 0.0899. The van der Waals surface area contributed by atoms with E-state index in [0.717, 1.165) is 22.4 Å². The number of hydrogen-bond acceptors (Lipinski definition) is 3. The average molecular weight is 354 g/mol. The Hall–Kier alpha value is -2.40. The van der Waals surface area contributed by atoms with Gasteiger partial charge in [-0.15, -0.1) is 11.3 Å². The largest absolute Gasteiger partial charge is 0.337 e. The third kappa shape index (κ3) is 4.37. The summed E-state index contributed by atoms with van der Waals surface area (Å²) in [5.41, 5.74) is 2.04. The molecule has 1 aromatic carbocycles. The highest BCUT2D eigenvalue weighted by Gasteiger charge is 2.23. The molecule has 4 nitrogen and oxygen atoms in total. The minimum absolute atomic E-state index is 0.00505. The van der Waals surface area contributed by atoms with Gasteiger partial charge in [0.2, 0.25) is 5.91 Å². The molecule has 0 bridgehead atoms. The summed E-state index contributed by atoms with van der Waals surface area (Å²) in [4.78, 5) is 29.6. The molecule has 1 fully saturated rings. The molecule has 1 aromatic heterocycles. The van der Waals surface area contributed by atoms with E-state index in [1.807, 2.05) is 64.6 Å². The van der Waals surface area contributed by atoms with Crippen LogP contribution >= 0.6 is 11.3 Å². The number of aryl methyl sites for hydroxylation is 1. The molecule has 0 atom stereocenters. The topological polar surface area (TPSA) is 40.6 Å². The highest BCUT2D eigenvalue weighted by Crippen LogP contribution is 2.19. The molecule has 0 saturated carbocycles. The Morgan fingerprint density at radius 3 is 2.44 bits per heavy atom. The number of hydrogen-bond donors (Lipinski definition) is 0. The number of nitrogens with zero attached hydrogens (tertiary/aromatic N) is 2. The number of rotatable bonds is 3. The van der Waals surface area contributed by atoms with Crippen LogP contribution in [-0.2, 0) is 4.79 Å². The number of carbonyl (C=O) groups is 2. The van der Waals surface area contributed by atoms with Crippen molar-refractivity contribution in [3.05, 3.63) is 63.9 Å². The number of thiophene rings is 1. The first-order chi connectivity index (χ1) is 12.1. The molecular weight excluding hydrogens is 332 g/mol. The van der Waals surface area contributed by atoms with Gasteiger partial charge in [-0.3, -0.25) is 9.59 Å². The van der Waals surface area contributed by atoms with E-state index < -0.39 is 0 Å². The zero-order chi connectivity index (χ0) is 17.6. The van der Waals surface area contributed by atoms with Crippen LogP contribution in [0.25, 0.3) is 6.08 Å². The van der Waals surface area contributed by atoms with E-state index in [0.29, 0.717) is 26.2 Å². The quantitative estimate of drug-likeness (QED) is 0.792. The number of carbonyl (C=O) groups excluding carboxylic acids is 2. The molecule has 0 spiro atoms. The third-order valence-corrected chi connectivity index (χ3v) is 5.37. The molecule has 1 saturated heterocycles. The highest BCUT2D eigenvalue weighted by molar-refractivity contribution is 7.12. The van der Waals surface area contributed by atoms with Crippen LogP contribution in [0.5, 0.6) is 0 Å². The van der Waals surface area contributed by atoms with Crippen molar-refractivity contribution < 1.29 is 9.59 Å². The summed E-state index contributed by atoms with van der Waals surface area (Å²) >= 11 is 1.49. The SMILES string of the molecule is Cc1ccsc1C(=O)N1CCCN(C(=O)/C=C/c2ccccc2)CC1. The van der Waals surface area contributed by atoms with Crippen molar-refractivity contribution in [1.29, 1.82) is 0 Å². The predicted octanol–water partition coefficient (Wildman–Crippen LogP) is 3.44. The molecule has 1 aliphatic rings. The van der Waals surface area contributed by atoms with Gasteiger partial charge in [0.15, 0.2) is 0 Å². The van der Waals surface area contributed by atoms with Crippen LogP contribution in [-0.4, -0.2) is 47.8 Å². The van der Waals surface area contributed by atoms with Crippen LogP contribution in [0.2, 0.25) is 0 Å². The fraction of sp³-hybridized carbons (Fsp3) is 0.300. The van der Waals surface area contributed by atoms with E-state index in [2.05, 4.69) is 0 Å². The van der Waals surface area contributed by atoms with Crippen molar-refractivity contribution in [3.63, 3.8) is 0 Å². The Labute approximate surface area is 152 Å². The molecule has 0 unspecified atom stereocenters. The van der Waals surface area contributed by atoms with Crippen LogP contribution < -0.4 is 0 Å². The molecule has 130 valence electrons. The second kappa shape index (κ2) is 8.12. The number of amides is 2. The third-order valence-electron chi connectivity index (χ3n) is 4.37. The van der Waals surface area contributed by atoms with Gasteiger partial charge in [0.1, 0.15) is 0 Å². The van der Waals surface area contributed by atoms with Gasteiger partial charge in [0.05, 0.1) is 4.88 Å². The molecule has 2 aromatic rings. The van der Waals surface area contributed by atoms with Gasteiger partial charge >= 0.3 is 0 Å². The van der Waals surface area contributed by atoms with Crippen molar-refractivity contribution in [1.82, 2.24) is 9.80 Å². The molecule has 0 N–H and O–H groups in total. The Bertz CT molecular complexity index is 767. The fourth-order valence-corrected chi connectivity index (χ4v) is 3.81. The molecule has 2 heterocycles. The number of benzene rings is 1. The van der Waals surface area contributed by atoms with Crippen molar-refractivity contribution in [3.8, 4) is 0 Å². The molecule has 0 aliphatic carbocycles. The van der Waals surface area contributed by atoms with E-state index in [1.165, 1.54) is 11.3 Å². The lowest BCUT2D eigenvalue weighted by Gasteiger charge is -2.21. The van der Waals surface area contributed by atoms with Gasteiger partial charge in [-0.25, -0.2) is 0 Å². The Morgan fingerprint density at radius 2 is 1.72 bits per heavy atom. The first-order valence-corrected chi connectivity index (χ1v) is 9.38. The monoisotopic (exact) mass is 354 g/mol. The lowest BCUT2D eigenvalue weighted by molar-refractivity contribution is -0.125. The van der Waals surface area contributed by atoms with Crippen molar-refractivity contribution in [2.75, 3.05) is 26.2 Å². The van der Waals surface area contributed by atoms with E-state index in [4.69, 9.17) is 0 Å². The molecule has 1 aliphatic heterocycles. The van der Waals surface area contributed by atoms with Crippen molar-refractivity contribution in [2.45, 2.75) is 13.3 Å². The zero-order valence-corrected chi connectivity index (χ0v) is 15.2. The lowest BCUT2D eigenvalue weighted by Crippen LogP contribution is -2.36. The van der Waals surface area contributed by atoms with Gasteiger partial charge in [-0.1, -0.05) is 30.3 Å². The summed E-state index contributed by atoms with van der Waals surface area (Å²) in [5, 5.41) is 1.95. The first-order valence-electron chi connectivity index (χ1n) is 8.50. The smallest absolute Gasteiger partial charge is 0.264 e. The second-order valence-corrected chi connectivity index (χ2v) is 7.06. The van der Waals surface area contributed by atoms with E-state index in [-0.39, 0.29) is 11.8 Å². The normalized spacial score (nSPS) is 15.4. The zero-order valence-electron chi connectivity index (χ0n) is 14.4. The summed E-state index contributed by atoms with van der Waals surface area (Å²) in [6.45, 7) is 4.51. The predicted molar refractivity (Wildman–Crippen MR) is 102 cm³/mol. The van der Waals surface area contributed by atoms with E-state index >= 15 is 0 Å². The molecule has 25 heavy (non-hydrogen) atoms. The molecular formula is C20H22N2O2S. The first kappa shape index (κ1) is 17.4.